The number of hydrogen-bond donors (Lipinski definition) is 1. The maximum atomic E-state index is 8.98. The lowest BCUT2D eigenvalue weighted by Crippen LogP contribution is -2.40. The van der Waals surface area contributed by atoms with Gasteiger partial charge in [-0.25, -0.2) is 0 Å². The number of thiophene rings is 1. The molecule has 0 amide bonds. The van der Waals surface area contributed by atoms with Crippen LogP contribution in [0.5, 0.6) is 5.75 Å². The summed E-state index contributed by atoms with van der Waals surface area (Å²) in [5.74, 6) is 0.612. The Labute approximate surface area is 104 Å². The number of ether oxygens (including phenoxy) is 2. The Kier molecular flexibility index (Phi) is 3.41. The molecule has 1 aromatic rings. The predicted molar refractivity (Wildman–Crippen MR) is 67.6 cm³/mol. The van der Waals surface area contributed by atoms with Crippen molar-refractivity contribution in [3.63, 3.8) is 0 Å². The van der Waals surface area contributed by atoms with E-state index < -0.39 is 0 Å². The second-order valence-corrected chi connectivity index (χ2v) is 4.92. The van der Waals surface area contributed by atoms with Crippen LogP contribution in [0.3, 0.4) is 0 Å². The summed E-state index contributed by atoms with van der Waals surface area (Å²) in [4.78, 5) is 2.67. The third kappa shape index (κ3) is 2.16. The van der Waals surface area contributed by atoms with Crippen LogP contribution in [0.15, 0.2) is 0 Å². The van der Waals surface area contributed by atoms with Gasteiger partial charge in [0.25, 0.3) is 0 Å². The molecule has 1 aliphatic heterocycles. The first-order valence-electron chi connectivity index (χ1n) is 5.40. The van der Waals surface area contributed by atoms with E-state index in [0.717, 1.165) is 18.1 Å². The molecule has 0 radical (unpaired) electrons. The van der Waals surface area contributed by atoms with Crippen molar-refractivity contribution in [3.05, 3.63) is 4.88 Å². The minimum atomic E-state index is 0.183. The van der Waals surface area contributed by atoms with Gasteiger partial charge in [-0.2, -0.15) is 5.26 Å². The quantitative estimate of drug-likeness (QED) is 0.863. The Morgan fingerprint density at radius 1 is 1.65 bits per heavy atom. The van der Waals surface area contributed by atoms with Crippen molar-refractivity contribution in [2.75, 3.05) is 37.4 Å². The summed E-state index contributed by atoms with van der Waals surface area (Å²) in [6.07, 6.45) is 0.183. The van der Waals surface area contributed by atoms with E-state index in [4.69, 9.17) is 20.5 Å². The topological polar surface area (TPSA) is 71.5 Å². The first-order chi connectivity index (χ1) is 8.17. The second-order valence-electron chi connectivity index (χ2n) is 3.92. The summed E-state index contributed by atoms with van der Waals surface area (Å²) in [6.45, 7) is 4.30. The highest BCUT2D eigenvalue weighted by atomic mass is 32.1. The van der Waals surface area contributed by atoms with E-state index in [0.29, 0.717) is 22.9 Å². The zero-order valence-electron chi connectivity index (χ0n) is 9.90. The normalized spacial score (nSPS) is 20.1. The molecular weight excluding hydrogens is 238 g/mol. The van der Waals surface area contributed by atoms with E-state index in [1.54, 1.807) is 7.11 Å². The number of hydrogen-bond acceptors (Lipinski definition) is 6. The first kappa shape index (κ1) is 12.0. The molecule has 92 valence electrons. The average molecular weight is 253 g/mol. The molecule has 0 aliphatic carbocycles. The summed E-state index contributed by atoms with van der Waals surface area (Å²) in [5, 5.41) is 9.91. The molecule has 5 nitrogen and oxygen atoms in total. The van der Waals surface area contributed by atoms with Crippen LogP contribution in [0.4, 0.5) is 10.7 Å². The van der Waals surface area contributed by atoms with Gasteiger partial charge in [0.15, 0.2) is 5.75 Å². The van der Waals surface area contributed by atoms with E-state index in [2.05, 4.69) is 11.0 Å². The highest BCUT2D eigenvalue weighted by Gasteiger charge is 2.25. The number of nitriles is 1. The molecule has 1 unspecified atom stereocenters. The summed E-state index contributed by atoms with van der Waals surface area (Å²) >= 11 is 1.38. The molecule has 17 heavy (non-hydrogen) atoms. The Morgan fingerprint density at radius 2 is 2.41 bits per heavy atom. The monoisotopic (exact) mass is 253 g/mol. The summed E-state index contributed by atoms with van der Waals surface area (Å²) < 4.78 is 10.8. The number of morpholine rings is 1. The summed E-state index contributed by atoms with van der Waals surface area (Å²) in [5.41, 5.74) is 6.31. The average Bonchev–Trinajstić information content (AvgIpc) is 2.65. The van der Waals surface area contributed by atoms with Gasteiger partial charge in [-0.15, -0.1) is 11.3 Å². The van der Waals surface area contributed by atoms with Crippen LogP contribution in [-0.4, -0.2) is 32.9 Å². The first-order valence-corrected chi connectivity index (χ1v) is 6.22. The lowest BCUT2D eigenvalue weighted by Gasteiger charge is -2.32. The molecule has 2 heterocycles. The molecular formula is C11H15N3O2S. The van der Waals surface area contributed by atoms with E-state index in [-0.39, 0.29) is 6.10 Å². The molecule has 2 rings (SSSR count). The van der Waals surface area contributed by atoms with Gasteiger partial charge in [0.05, 0.1) is 19.8 Å². The van der Waals surface area contributed by atoms with Gasteiger partial charge >= 0.3 is 0 Å². The van der Waals surface area contributed by atoms with Crippen LogP contribution in [-0.2, 0) is 4.74 Å². The molecule has 2 N–H and O–H groups in total. The van der Waals surface area contributed by atoms with Gasteiger partial charge < -0.3 is 20.1 Å². The molecule has 0 saturated carbocycles. The zero-order chi connectivity index (χ0) is 12.4. The Morgan fingerprint density at radius 3 is 3.00 bits per heavy atom. The summed E-state index contributed by atoms with van der Waals surface area (Å²) in [7, 11) is 1.58. The maximum absolute atomic E-state index is 8.98. The highest BCUT2D eigenvalue weighted by molar-refractivity contribution is 7.17. The smallest absolute Gasteiger partial charge is 0.177 e. The molecule has 0 spiro atoms. The SMILES string of the molecule is COc1c(N2CCOC(C)C2)sc(C#N)c1N. The van der Waals surface area contributed by atoms with Crippen molar-refractivity contribution in [2.45, 2.75) is 13.0 Å². The minimum absolute atomic E-state index is 0.183. The van der Waals surface area contributed by atoms with Crippen LogP contribution in [0, 0.1) is 11.3 Å². The van der Waals surface area contributed by atoms with E-state index >= 15 is 0 Å². The van der Waals surface area contributed by atoms with Crippen molar-refractivity contribution in [3.8, 4) is 11.8 Å². The zero-order valence-corrected chi connectivity index (χ0v) is 10.7. The van der Waals surface area contributed by atoms with Crippen molar-refractivity contribution in [2.24, 2.45) is 0 Å². The molecule has 0 bridgehead atoms. The molecule has 1 saturated heterocycles. The third-order valence-corrected chi connectivity index (χ3v) is 3.87. The maximum Gasteiger partial charge on any atom is 0.177 e. The summed E-state index contributed by atoms with van der Waals surface area (Å²) in [6, 6.07) is 2.10. The standard InChI is InChI=1S/C11H15N3O2S/c1-7-6-14(3-4-16-7)11-10(15-2)9(13)8(5-12)17-11/h7H,3-4,6,13H2,1-2H3. The van der Waals surface area contributed by atoms with Gasteiger partial charge in [-0.05, 0) is 6.92 Å². The number of nitrogens with two attached hydrogens (primary N) is 1. The van der Waals surface area contributed by atoms with Crippen LogP contribution in [0.1, 0.15) is 11.8 Å². The van der Waals surface area contributed by atoms with E-state index in [9.17, 15) is 0 Å². The number of anilines is 2. The van der Waals surface area contributed by atoms with Crippen LogP contribution in [0.2, 0.25) is 0 Å². The molecule has 1 atom stereocenters. The number of nitrogens with zero attached hydrogens (tertiary/aromatic N) is 2. The largest absolute Gasteiger partial charge is 0.492 e. The van der Waals surface area contributed by atoms with Crippen LogP contribution in [0.25, 0.3) is 0 Å². The van der Waals surface area contributed by atoms with Gasteiger partial charge in [-0.1, -0.05) is 0 Å². The fourth-order valence-corrected chi connectivity index (χ4v) is 2.93. The number of nitrogen functional groups attached to an aromatic ring is 1. The lowest BCUT2D eigenvalue weighted by atomic mass is 10.3. The second kappa shape index (κ2) is 4.82. The molecule has 1 aromatic heterocycles. The van der Waals surface area contributed by atoms with Crippen LogP contribution >= 0.6 is 11.3 Å². The Bertz CT molecular complexity index is 452. The van der Waals surface area contributed by atoms with Gasteiger partial charge in [0, 0.05) is 13.1 Å². The molecule has 1 fully saturated rings. The van der Waals surface area contributed by atoms with Gasteiger partial charge in [0.2, 0.25) is 0 Å². The van der Waals surface area contributed by atoms with Gasteiger partial charge in [-0.3, -0.25) is 0 Å². The molecule has 1 aliphatic rings. The van der Waals surface area contributed by atoms with Crippen molar-refractivity contribution in [1.29, 1.82) is 5.26 Å². The highest BCUT2D eigenvalue weighted by Crippen LogP contribution is 2.44. The fourth-order valence-electron chi connectivity index (χ4n) is 1.91. The lowest BCUT2D eigenvalue weighted by molar-refractivity contribution is 0.0533. The molecule has 0 aromatic carbocycles. The van der Waals surface area contributed by atoms with Crippen molar-refractivity contribution >= 4 is 22.0 Å². The van der Waals surface area contributed by atoms with E-state index in [1.165, 1.54) is 11.3 Å². The van der Waals surface area contributed by atoms with Crippen LogP contribution < -0.4 is 15.4 Å². The van der Waals surface area contributed by atoms with Gasteiger partial charge in [0.1, 0.15) is 21.6 Å². The third-order valence-electron chi connectivity index (χ3n) is 2.72. The number of rotatable bonds is 2. The molecule has 6 heteroatoms. The van der Waals surface area contributed by atoms with Crippen molar-refractivity contribution in [1.82, 2.24) is 0 Å². The fraction of sp³-hybridized carbons (Fsp3) is 0.545. The van der Waals surface area contributed by atoms with Crippen molar-refractivity contribution < 1.29 is 9.47 Å². The Balaban J connectivity index is 2.34. The Hall–Kier alpha value is -1.45. The predicted octanol–water partition coefficient (Wildman–Crippen LogP) is 1.44. The number of methoxy groups -OCH3 is 1. The van der Waals surface area contributed by atoms with E-state index in [1.807, 2.05) is 6.92 Å². The minimum Gasteiger partial charge on any atom is -0.492 e.